The second-order valence-electron chi connectivity index (χ2n) is 9.20. The van der Waals surface area contributed by atoms with E-state index in [2.05, 4.69) is 10.6 Å². The Morgan fingerprint density at radius 3 is 2.38 bits per heavy atom. The Labute approximate surface area is 173 Å². The maximum Gasteiger partial charge on any atom is 0.318 e. The Balaban J connectivity index is 1.60. The van der Waals surface area contributed by atoms with Crippen LogP contribution >= 0.6 is 0 Å². The highest BCUT2D eigenvalue weighted by Gasteiger charge is 2.49. The van der Waals surface area contributed by atoms with Gasteiger partial charge in [0.15, 0.2) is 0 Å². The van der Waals surface area contributed by atoms with E-state index in [0.29, 0.717) is 13.0 Å². The number of amides is 3. The van der Waals surface area contributed by atoms with Gasteiger partial charge in [0, 0.05) is 18.5 Å². The van der Waals surface area contributed by atoms with Crippen molar-refractivity contribution >= 4 is 11.9 Å². The molecule has 0 unspecified atom stereocenters. The number of rotatable bonds is 4. The van der Waals surface area contributed by atoms with Crippen LogP contribution in [0.2, 0.25) is 0 Å². The van der Waals surface area contributed by atoms with Gasteiger partial charge in [-0.1, -0.05) is 49.6 Å². The molecular formula is C23H33N3O3. The van der Waals surface area contributed by atoms with Gasteiger partial charge in [-0.05, 0) is 44.6 Å². The monoisotopic (exact) mass is 399 g/mol. The van der Waals surface area contributed by atoms with Crippen LogP contribution in [0.5, 0.6) is 0 Å². The molecule has 1 aromatic carbocycles. The molecule has 3 atom stereocenters. The van der Waals surface area contributed by atoms with Crippen LogP contribution in [-0.2, 0) is 4.79 Å². The summed E-state index contributed by atoms with van der Waals surface area (Å²) in [5, 5.41) is 17.5. The van der Waals surface area contributed by atoms with Crippen molar-refractivity contribution in [2.24, 2.45) is 5.92 Å². The molecule has 29 heavy (non-hydrogen) atoms. The molecule has 0 aromatic heterocycles. The van der Waals surface area contributed by atoms with E-state index >= 15 is 0 Å². The van der Waals surface area contributed by atoms with Gasteiger partial charge in [-0.15, -0.1) is 0 Å². The van der Waals surface area contributed by atoms with Crippen LogP contribution in [0.4, 0.5) is 4.79 Å². The van der Waals surface area contributed by atoms with Crippen molar-refractivity contribution in [3.63, 3.8) is 0 Å². The highest BCUT2D eigenvalue weighted by molar-refractivity contribution is 5.82. The molecule has 6 heteroatoms. The summed E-state index contributed by atoms with van der Waals surface area (Å²) in [5.41, 5.74) is -0.139. The van der Waals surface area contributed by atoms with Crippen molar-refractivity contribution in [2.75, 3.05) is 6.54 Å². The molecule has 0 spiro atoms. The second-order valence-corrected chi connectivity index (χ2v) is 9.20. The van der Waals surface area contributed by atoms with E-state index in [9.17, 15) is 14.7 Å². The topological polar surface area (TPSA) is 81.7 Å². The summed E-state index contributed by atoms with van der Waals surface area (Å²) < 4.78 is 0. The zero-order chi connectivity index (χ0) is 20.4. The summed E-state index contributed by atoms with van der Waals surface area (Å²) >= 11 is 0. The van der Waals surface area contributed by atoms with Crippen LogP contribution in [0.3, 0.4) is 0 Å². The van der Waals surface area contributed by atoms with E-state index in [-0.39, 0.29) is 23.9 Å². The van der Waals surface area contributed by atoms with Gasteiger partial charge < -0.3 is 20.6 Å². The molecule has 3 N–H and O–H groups in total. The van der Waals surface area contributed by atoms with Crippen molar-refractivity contribution in [3.8, 4) is 0 Å². The van der Waals surface area contributed by atoms with Crippen LogP contribution in [0.25, 0.3) is 0 Å². The van der Waals surface area contributed by atoms with E-state index in [4.69, 9.17) is 0 Å². The van der Waals surface area contributed by atoms with Crippen LogP contribution in [-0.4, -0.2) is 46.2 Å². The standard InChI is InChI=1S/C23H33N3O3/c1-23(29)14-15-26(22(28)24-18-10-6-3-7-11-18)19(16-8-4-2-5-9-16)20(23)25-21(27)17-12-13-17/h2,4-5,8-9,17-20,29H,3,6-7,10-15H2,1H3,(H,24,28)(H,25,27)/t19-,20-,23+/m0/s1. The molecule has 0 radical (unpaired) electrons. The predicted molar refractivity (Wildman–Crippen MR) is 111 cm³/mol. The molecule has 1 aromatic rings. The lowest BCUT2D eigenvalue weighted by Gasteiger charge is -2.49. The number of hydrogen-bond acceptors (Lipinski definition) is 3. The Hall–Kier alpha value is -2.08. The van der Waals surface area contributed by atoms with Crippen LogP contribution in [0.15, 0.2) is 30.3 Å². The summed E-state index contributed by atoms with van der Waals surface area (Å²) in [7, 11) is 0. The molecule has 158 valence electrons. The minimum Gasteiger partial charge on any atom is -0.388 e. The first-order chi connectivity index (χ1) is 14.0. The van der Waals surface area contributed by atoms with E-state index in [0.717, 1.165) is 44.1 Å². The lowest BCUT2D eigenvalue weighted by Crippen LogP contribution is -2.65. The number of piperidine rings is 1. The molecule has 1 heterocycles. The Bertz CT molecular complexity index is 726. The van der Waals surface area contributed by atoms with Crippen LogP contribution in [0.1, 0.15) is 69.9 Å². The predicted octanol–water partition coefficient (Wildman–Crippen LogP) is 3.12. The Morgan fingerprint density at radius 1 is 1.03 bits per heavy atom. The maximum atomic E-state index is 13.3. The molecule has 3 amide bonds. The normalized spacial score (nSPS) is 30.6. The van der Waals surface area contributed by atoms with Gasteiger partial charge in [-0.3, -0.25) is 4.79 Å². The zero-order valence-electron chi connectivity index (χ0n) is 17.3. The number of urea groups is 1. The summed E-state index contributed by atoms with van der Waals surface area (Å²) in [6.07, 6.45) is 7.84. The van der Waals surface area contributed by atoms with Crippen molar-refractivity contribution in [1.29, 1.82) is 0 Å². The number of likely N-dealkylation sites (tertiary alicyclic amines) is 1. The fourth-order valence-electron chi connectivity index (χ4n) is 4.77. The zero-order valence-corrected chi connectivity index (χ0v) is 17.3. The largest absolute Gasteiger partial charge is 0.388 e. The van der Waals surface area contributed by atoms with Crippen molar-refractivity contribution in [1.82, 2.24) is 15.5 Å². The summed E-state index contributed by atoms with van der Waals surface area (Å²) in [4.78, 5) is 27.7. The number of nitrogens with one attached hydrogen (secondary N) is 2. The smallest absolute Gasteiger partial charge is 0.318 e. The second kappa shape index (κ2) is 8.34. The third-order valence-electron chi connectivity index (χ3n) is 6.76. The third kappa shape index (κ3) is 4.58. The summed E-state index contributed by atoms with van der Waals surface area (Å²) in [5.74, 6) is 0.0411. The molecule has 1 saturated heterocycles. The van der Waals surface area contributed by atoms with Crippen molar-refractivity contribution < 1.29 is 14.7 Å². The van der Waals surface area contributed by atoms with E-state index in [1.165, 1.54) is 6.42 Å². The first kappa shape index (κ1) is 20.2. The molecular weight excluding hydrogens is 366 g/mol. The minimum atomic E-state index is -1.08. The number of benzene rings is 1. The third-order valence-corrected chi connectivity index (χ3v) is 6.76. The fourth-order valence-corrected chi connectivity index (χ4v) is 4.77. The average Bonchev–Trinajstić information content (AvgIpc) is 3.56. The lowest BCUT2D eigenvalue weighted by molar-refractivity contribution is -0.128. The average molecular weight is 400 g/mol. The molecule has 3 aliphatic rings. The summed E-state index contributed by atoms with van der Waals surface area (Å²) in [6.45, 7) is 2.23. The number of aliphatic hydroxyl groups is 1. The van der Waals surface area contributed by atoms with Gasteiger partial charge in [0.05, 0.1) is 17.7 Å². The molecule has 6 nitrogen and oxygen atoms in total. The minimum absolute atomic E-state index is 0.00857. The first-order valence-corrected chi connectivity index (χ1v) is 11.1. The highest BCUT2D eigenvalue weighted by Crippen LogP contribution is 2.38. The maximum absolute atomic E-state index is 13.3. The van der Waals surface area contributed by atoms with Gasteiger partial charge in [-0.2, -0.15) is 0 Å². The van der Waals surface area contributed by atoms with Crippen molar-refractivity contribution in [3.05, 3.63) is 35.9 Å². The summed E-state index contributed by atoms with van der Waals surface area (Å²) in [6, 6.07) is 8.96. The van der Waals surface area contributed by atoms with Crippen LogP contribution < -0.4 is 10.6 Å². The number of carbonyl (C=O) groups is 2. The van der Waals surface area contributed by atoms with E-state index in [1.807, 2.05) is 35.2 Å². The van der Waals surface area contributed by atoms with E-state index in [1.54, 1.807) is 6.92 Å². The van der Waals surface area contributed by atoms with Gasteiger partial charge in [0.25, 0.3) is 0 Å². The van der Waals surface area contributed by atoms with Gasteiger partial charge >= 0.3 is 6.03 Å². The molecule has 4 rings (SSSR count). The van der Waals surface area contributed by atoms with Crippen LogP contribution in [0, 0.1) is 5.92 Å². The molecule has 0 bridgehead atoms. The number of hydrogen-bond donors (Lipinski definition) is 3. The van der Waals surface area contributed by atoms with Gasteiger partial charge in [-0.25, -0.2) is 4.79 Å². The lowest BCUT2D eigenvalue weighted by atomic mass is 9.79. The Kier molecular flexibility index (Phi) is 5.81. The van der Waals surface area contributed by atoms with Gasteiger partial charge in [0.2, 0.25) is 5.91 Å². The molecule has 3 fully saturated rings. The number of nitrogens with zero attached hydrogens (tertiary/aromatic N) is 1. The van der Waals surface area contributed by atoms with Gasteiger partial charge in [0.1, 0.15) is 0 Å². The highest BCUT2D eigenvalue weighted by atomic mass is 16.3. The van der Waals surface area contributed by atoms with Crippen molar-refractivity contribution in [2.45, 2.75) is 82.0 Å². The fraction of sp³-hybridized carbons (Fsp3) is 0.652. The first-order valence-electron chi connectivity index (χ1n) is 11.1. The molecule has 2 aliphatic carbocycles. The SMILES string of the molecule is C[C@@]1(O)CCN(C(=O)NC2CCCCC2)[C@@H](c2ccccc2)[C@@H]1NC(=O)C1CC1. The quantitative estimate of drug-likeness (QED) is 0.728. The Morgan fingerprint density at radius 2 is 1.72 bits per heavy atom. The molecule has 2 saturated carbocycles. The number of carbonyl (C=O) groups excluding carboxylic acids is 2. The van der Waals surface area contributed by atoms with E-state index < -0.39 is 17.7 Å². The molecule has 1 aliphatic heterocycles.